The number of ether oxygens (including phenoxy) is 1. The van der Waals surface area contributed by atoms with Gasteiger partial charge in [0.1, 0.15) is 5.82 Å². The number of carbonyl (C=O) groups excluding carboxylic acids is 3. The van der Waals surface area contributed by atoms with Gasteiger partial charge in [-0.2, -0.15) is 0 Å². The molecular weight excluding hydrogens is 407 g/mol. The number of benzene rings is 1. The van der Waals surface area contributed by atoms with E-state index in [0.717, 1.165) is 11.3 Å². The largest absolute Gasteiger partial charge is 0.465 e. The monoisotopic (exact) mass is 426 g/mol. The summed E-state index contributed by atoms with van der Waals surface area (Å²) in [4.78, 5) is 35.1. The minimum absolute atomic E-state index is 0.129. The number of thioether (sulfide) groups is 1. The minimum atomic E-state index is -0.410. The summed E-state index contributed by atoms with van der Waals surface area (Å²) in [7, 11) is 0. The average Bonchev–Trinajstić information content (AvgIpc) is 3.11. The Hall–Kier alpha value is -2.53. The number of aromatic nitrogens is 2. The maximum atomic E-state index is 12.8. The van der Waals surface area contributed by atoms with Gasteiger partial charge in [0.25, 0.3) is 5.91 Å². The van der Waals surface area contributed by atoms with Crippen molar-refractivity contribution in [2.24, 2.45) is 0 Å². The third-order valence-corrected chi connectivity index (χ3v) is 5.19. The van der Waals surface area contributed by atoms with E-state index in [2.05, 4.69) is 20.8 Å². The highest BCUT2D eigenvalue weighted by Gasteiger charge is 2.11. The standard InChI is InChI=1S/C17H19FN4O4S2/c1-2-26-14(24)10-27-17-22-21-16(28-17)20-13(23)4-3-9-19-15(25)11-5-7-12(18)8-6-11/h5-8H,2-4,9-10H2,1H3,(H,19,25)(H,20,21,23). The van der Waals surface area contributed by atoms with Crippen LogP contribution in [-0.2, 0) is 14.3 Å². The van der Waals surface area contributed by atoms with Crippen molar-refractivity contribution in [2.45, 2.75) is 24.1 Å². The number of esters is 1. The molecule has 0 unspecified atom stereocenters. The molecule has 150 valence electrons. The molecular formula is C17H19FN4O4S2. The SMILES string of the molecule is CCOC(=O)CSc1nnc(NC(=O)CCCNC(=O)c2ccc(F)cc2)s1. The Morgan fingerprint density at radius 2 is 1.96 bits per heavy atom. The number of amides is 2. The Morgan fingerprint density at radius 1 is 1.21 bits per heavy atom. The van der Waals surface area contributed by atoms with Crippen molar-refractivity contribution in [3.8, 4) is 0 Å². The number of nitrogens with one attached hydrogen (secondary N) is 2. The highest BCUT2D eigenvalue weighted by atomic mass is 32.2. The van der Waals surface area contributed by atoms with Crippen LogP contribution in [0.3, 0.4) is 0 Å². The van der Waals surface area contributed by atoms with Crippen LogP contribution in [0.1, 0.15) is 30.1 Å². The molecule has 0 aliphatic heterocycles. The van der Waals surface area contributed by atoms with Gasteiger partial charge < -0.3 is 15.4 Å². The van der Waals surface area contributed by atoms with Crippen molar-refractivity contribution in [3.05, 3.63) is 35.6 Å². The number of halogens is 1. The predicted octanol–water partition coefficient (Wildman–Crippen LogP) is 2.48. The number of carbonyl (C=O) groups is 3. The van der Waals surface area contributed by atoms with Crippen LogP contribution in [0.2, 0.25) is 0 Å². The van der Waals surface area contributed by atoms with Gasteiger partial charge in [-0.05, 0) is 37.6 Å². The smallest absolute Gasteiger partial charge is 0.316 e. The third-order valence-electron chi connectivity index (χ3n) is 3.24. The highest BCUT2D eigenvalue weighted by molar-refractivity contribution is 8.01. The van der Waals surface area contributed by atoms with Gasteiger partial charge in [-0.15, -0.1) is 10.2 Å². The fraction of sp³-hybridized carbons (Fsp3) is 0.353. The average molecular weight is 426 g/mol. The first-order chi connectivity index (χ1) is 13.5. The lowest BCUT2D eigenvalue weighted by molar-refractivity contribution is -0.139. The zero-order valence-corrected chi connectivity index (χ0v) is 16.7. The van der Waals surface area contributed by atoms with Crippen LogP contribution in [0.15, 0.2) is 28.6 Å². The van der Waals surface area contributed by atoms with E-state index in [1.165, 1.54) is 36.0 Å². The number of hydrogen-bond acceptors (Lipinski definition) is 8. The van der Waals surface area contributed by atoms with Crippen LogP contribution in [-0.4, -0.2) is 46.9 Å². The Kier molecular flexibility index (Phi) is 8.82. The summed E-state index contributed by atoms with van der Waals surface area (Å²) in [6.45, 7) is 2.36. The van der Waals surface area contributed by atoms with E-state index in [-0.39, 0.29) is 30.0 Å². The van der Waals surface area contributed by atoms with E-state index in [1.807, 2.05) is 0 Å². The van der Waals surface area contributed by atoms with Crippen LogP contribution >= 0.6 is 23.1 Å². The molecule has 1 aromatic carbocycles. The molecule has 0 aliphatic carbocycles. The summed E-state index contributed by atoms with van der Waals surface area (Å²) in [5.74, 6) is -1.20. The molecule has 0 aliphatic rings. The molecule has 0 atom stereocenters. The molecule has 0 saturated heterocycles. The van der Waals surface area contributed by atoms with E-state index >= 15 is 0 Å². The maximum absolute atomic E-state index is 12.8. The first-order valence-corrected chi connectivity index (χ1v) is 10.2. The summed E-state index contributed by atoms with van der Waals surface area (Å²) < 4.78 is 18.2. The lowest BCUT2D eigenvalue weighted by atomic mass is 10.2. The van der Waals surface area contributed by atoms with Gasteiger partial charge in [-0.25, -0.2) is 4.39 Å². The van der Waals surface area contributed by atoms with Gasteiger partial charge in [0.15, 0.2) is 4.34 Å². The Morgan fingerprint density at radius 3 is 2.68 bits per heavy atom. The summed E-state index contributed by atoms with van der Waals surface area (Å²) in [6.07, 6.45) is 0.622. The van der Waals surface area contributed by atoms with E-state index in [4.69, 9.17) is 4.74 Å². The molecule has 8 nitrogen and oxygen atoms in total. The second-order valence-corrected chi connectivity index (χ2v) is 7.58. The molecule has 0 radical (unpaired) electrons. The van der Waals surface area contributed by atoms with Crippen LogP contribution in [0.4, 0.5) is 9.52 Å². The van der Waals surface area contributed by atoms with Gasteiger partial charge in [0.05, 0.1) is 12.4 Å². The van der Waals surface area contributed by atoms with Crippen LogP contribution in [0.5, 0.6) is 0 Å². The maximum Gasteiger partial charge on any atom is 0.316 e. The van der Waals surface area contributed by atoms with Gasteiger partial charge in [0.2, 0.25) is 11.0 Å². The first-order valence-electron chi connectivity index (χ1n) is 8.43. The van der Waals surface area contributed by atoms with E-state index < -0.39 is 5.82 Å². The van der Waals surface area contributed by atoms with Crippen molar-refractivity contribution in [2.75, 3.05) is 24.2 Å². The molecule has 2 N–H and O–H groups in total. The molecule has 2 amide bonds. The van der Waals surface area contributed by atoms with Gasteiger partial charge in [0, 0.05) is 18.5 Å². The fourth-order valence-electron chi connectivity index (χ4n) is 1.98. The van der Waals surface area contributed by atoms with Crippen molar-refractivity contribution in [1.29, 1.82) is 0 Å². The van der Waals surface area contributed by atoms with E-state index in [1.54, 1.807) is 6.92 Å². The summed E-state index contributed by atoms with van der Waals surface area (Å²) in [6, 6.07) is 5.21. The Balaban J connectivity index is 1.65. The lowest BCUT2D eigenvalue weighted by Gasteiger charge is -2.05. The van der Waals surface area contributed by atoms with E-state index in [9.17, 15) is 18.8 Å². The zero-order valence-electron chi connectivity index (χ0n) is 15.1. The molecule has 0 bridgehead atoms. The fourth-order valence-corrected chi connectivity index (χ4v) is 3.54. The second kappa shape index (κ2) is 11.3. The summed E-state index contributed by atoms with van der Waals surface area (Å²) in [5, 5.41) is 13.4. The van der Waals surface area contributed by atoms with Crippen LogP contribution in [0, 0.1) is 5.82 Å². The number of anilines is 1. The topological polar surface area (TPSA) is 110 Å². The van der Waals surface area contributed by atoms with Crippen molar-refractivity contribution >= 4 is 46.0 Å². The van der Waals surface area contributed by atoms with Crippen molar-refractivity contribution in [1.82, 2.24) is 15.5 Å². The molecule has 2 aromatic rings. The zero-order chi connectivity index (χ0) is 20.4. The molecule has 11 heteroatoms. The molecule has 1 heterocycles. The quantitative estimate of drug-likeness (QED) is 0.260. The Bertz CT molecular complexity index is 814. The molecule has 1 aromatic heterocycles. The van der Waals surface area contributed by atoms with Gasteiger partial charge in [-0.3, -0.25) is 14.4 Å². The van der Waals surface area contributed by atoms with Gasteiger partial charge in [-0.1, -0.05) is 23.1 Å². The van der Waals surface area contributed by atoms with Crippen molar-refractivity contribution < 1.29 is 23.5 Å². The van der Waals surface area contributed by atoms with Crippen LogP contribution < -0.4 is 10.6 Å². The number of nitrogens with zero attached hydrogens (tertiary/aromatic N) is 2. The predicted molar refractivity (Wildman–Crippen MR) is 104 cm³/mol. The molecule has 2 rings (SSSR count). The molecule has 0 fully saturated rings. The molecule has 28 heavy (non-hydrogen) atoms. The normalized spacial score (nSPS) is 10.4. The minimum Gasteiger partial charge on any atom is -0.465 e. The Labute approximate surface area is 169 Å². The number of hydrogen-bond donors (Lipinski definition) is 2. The molecule has 0 saturated carbocycles. The first kappa shape index (κ1) is 21.8. The summed E-state index contributed by atoms with van der Waals surface area (Å²) >= 11 is 2.35. The van der Waals surface area contributed by atoms with Crippen molar-refractivity contribution in [3.63, 3.8) is 0 Å². The third kappa shape index (κ3) is 7.61. The van der Waals surface area contributed by atoms with Gasteiger partial charge >= 0.3 is 5.97 Å². The second-order valence-electron chi connectivity index (χ2n) is 5.38. The highest BCUT2D eigenvalue weighted by Crippen LogP contribution is 2.25. The van der Waals surface area contributed by atoms with Crippen LogP contribution in [0.25, 0.3) is 0 Å². The lowest BCUT2D eigenvalue weighted by Crippen LogP contribution is -2.25. The number of rotatable bonds is 10. The molecule has 0 spiro atoms. The van der Waals surface area contributed by atoms with E-state index in [0.29, 0.717) is 34.6 Å². The summed E-state index contributed by atoms with van der Waals surface area (Å²) in [5.41, 5.74) is 0.354.